The molecule has 0 radical (unpaired) electrons. The van der Waals surface area contributed by atoms with Crippen LogP contribution in [-0.2, 0) is 11.2 Å². The number of carbonyl (C=O) groups excluding carboxylic acids is 2. The number of carbonyl (C=O) groups is 2. The van der Waals surface area contributed by atoms with Gasteiger partial charge in [0, 0.05) is 16.9 Å². The van der Waals surface area contributed by atoms with Crippen LogP contribution in [0, 0.1) is 13.8 Å². The monoisotopic (exact) mass is 416 g/mol. The Morgan fingerprint density at radius 3 is 2.29 bits per heavy atom. The van der Waals surface area contributed by atoms with E-state index in [1.165, 1.54) is 0 Å². The van der Waals surface area contributed by atoms with Crippen LogP contribution in [0.5, 0.6) is 5.75 Å². The predicted molar refractivity (Wildman–Crippen MR) is 125 cm³/mol. The summed E-state index contributed by atoms with van der Waals surface area (Å²) in [6.45, 7) is 7.71. The molecule has 0 aliphatic heterocycles. The molecule has 0 fully saturated rings. The van der Waals surface area contributed by atoms with Gasteiger partial charge in [0.1, 0.15) is 5.75 Å². The molecule has 0 aliphatic rings. The van der Waals surface area contributed by atoms with E-state index in [4.69, 9.17) is 4.74 Å². The quantitative estimate of drug-likeness (QED) is 0.533. The van der Waals surface area contributed by atoms with Crippen molar-refractivity contribution in [2.45, 2.75) is 40.2 Å². The molecule has 3 aromatic carbocycles. The van der Waals surface area contributed by atoms with Gasteiger partial charge in [0.05, 0.1) is 0 Å². The van der Waals surface area contributed by atoms with Gasteiger partial charge < -0.3 is 15.4 Å². The molecule has 2 amide bonds. The van der Waals surface area contributed by atoms with Crippen molar-refractivity contribution in [3.8, 4) is 5.75 Å². The van der Waals surface area contributed by atoms with Gasteiger partial charge in [0.2, 0.25) is 0 Å². The topological polar surface area (TPSA) is 67.4 Å². The standard InChI is InChI=1S/C26H28N2O3/c1-5-20-8-6-7-9-24(20)28-26(30)21-11-13-22(14-12-21)31-19(4)25(29)27-23-15-10-17(2)16-18(23)3/h6-16,19H,5H2,1-4H3,(H,27,29)(H,28,30). The van der Waals surface area contributed by atoms with Crippen LogP contribution in [-0.4, -0.2) is 17.9 Å². The third kappa shape index (κ3) is 5.72. The first-order valence-corrected chi connectivity index (χ1v) is 10.4. The first-order chi connectivity index (χ1) is 14.9. The molecule has 1 unspecified atom stereocenters. The maximum Gasteiger partial charge on any atom is 0.265 e. The molecule has 160 valence electrons. The number of ether oxygens (including phenoxy) is 1. The molecule has 5 heteroatoms. The molecule has 0 heterocycles. The summed E-state index contributed by atoms with van der Waals surface area (Å²) in [6, 6.07) is 20.4. The first kappa shape index (κ1) is 22.1. The number of hydrogen-bond donors (Lipinski definition) is 2. The van der Waals surface area contributed by atoms with Gasteiger partial charge >= 0.3 is 0 Å². The maximum atomic E-state index is 12.6. The van der Waals surface area contributed by atoms with Gasteiger partial charge in [0.25, 0.3) is 11.8 Å². The fourth-order valence-electron chi connectivity index (χ4n) is 3.28. The van der Waals surface area contributed by atoms with Crippen LogP contribution in [0.15, 0.2) is 66.7 Å². The number of rotatable bonds is 7. The molecule has 0 saturated heterocycles. The van der Waals surface area contributed by atoms with Crippen molar-refractivity contribution in [3.63, 3.8) is 0 Å². The molecule has 0 saturated carbocycles. The van der Waals surface area contributed by atoms with Crippen LogP contribution in [0.25, 0.3) is 0 Å². The van der Waals surface area contributed by atoms with Gasteiger partial charge in [-0.05, 0) is 74.7 Å². The Bertz CT molecular complexity index is 1070. The fourth-order valence-corrected chi connectivity index (χ4v) is 3.28. The van der Waals surface area contributed by atoms with E-state index in [1.54, 1.807) is 31.2 Å². The van der Waals surface area contributed by atoms with Gasteiger partial charge in [-0.2, -0.15) is 0 Å². The summed E-state index contributed by atoms with van der Waals surface area (Å²) in [7, 11) is 0. The Hall–Kier alpha value is -3.60. The van der Waals surface area contributed by atoms with Gasteiger partial charge in [-0.3, -0.25) is 9.59 Å². The fraction of sp³-hybridized carbons (Fsp3) is 0.231. The smallest absolute Gasteiger partial charge is 0.265 e. The zero-order chi connectivity index (χ0) is 22.4. The summed E-state index contributed by atoms with van der Waals surface area (Å²) in [6.07, 6.45) is 0.155. The maximum absolute atomic E-state index is 12.6. The summed E-state index contributed by atoms with van der Waals surface area (Å²) < 4.78 is 5.76. The Labute approximate surface area is 183 Å². The third-order valence-corrected chi connectivity index (χ3v) is 5.08. The van der Waals surface area contributed by atoms with Gasteiger partial charge in [-0.1, -0.05) is 42.8 Å². The summed E-state index contributed by atoms with van der Waals surface area (Å²) in [5, 5.41) is 5.85. The average Bonchev–Trinajstić information content (AvgIpc) is 2.76. The predicted octanol–water partition coefficient (Wildman–Crippen LogP) is 5.52. The lowest BCUT2D eigenvalue weighted by molar-refractivity contribution is -0.122. The summed E-state index contributed by atoms with van der Waals surface area (Å²) in [5.41, 5.74) is 5.32. The Morgan fingerprint density at radius 1 is 0.903 bits per heavy atom. The van der Waals surface area contributed by atoms with Gasteiger partial charge in [-0.15, -0.1) is 0 Å². The summed E-state index contributed by atoms with van der Waals surface area (Å²) >= 11 is 0. The highest BCUT2D eigenvalue weighted by molar-refractivity contribution is 6.04. The Balaban J connectivity index is 1.60. The first-order valence-electron chi connectivity index (χ1n) is 10.4. The molecule has 0 aromatic heterocycles. The van der Waals surface area contributed by atoms with Crippen molar-refractivity contribution in [1.82, 2.24) is 0 Å². The van der Waals surface area contributed by atoms with Crippen molar-refractivity contribution in [2.75, 3.05) is 10.6 Å². The van der Waals surface area contributed by atoms with Crippen molar-refractivity contribution in [2.24, 2.45) is 0 Å². The zero-order valence-electron chi connectivity index (χ0n) is 18.4. The molecule has 31 heavy (non-hydrogen) atoms. The van der Waals surface area contributed by atoms with Gasteiger partial charge in [0.15, 0.2) is 6.10 Å². The number of hydrogen-bond acceptors (Lipinski definition) is 3. The van der Waals surface area contributed by atoms with E-state index in [9.17, 15) is 9.59 Å². The van der Waals surface area contributed by atoms with Crippen molar-refractivity contribution < 1.29 is 14.3 Å². The lowest BCUT2D eigenvalue weighted by atomic mass is 10.1. The third-order valence-electron chi connectivity index (χ3n) is 5.08. The van der Waals surface area contributed by atoms with Crippen LogP contribution in [0.2, 0.25) is 0 Å². The SMILES string of the molecule is CCc1ccccc1NC(=O)c1ccc(OC(C)C(=O)Nc2ccc(C)cc2C)cc1. The van der Waals surface area contributed by atoms with Crippen molar-refractivity contribution >= 4 is 23.2 Å². The number of amides is 2. The number of benzene rings is 3. The van der Waals surface area contributed by atoms with E-state index in [0.29, 0.717) is 11.3 Å². The highest BCUT2D eigenvalue weighted by atomic mass is 16.5. The van der Waals surface area contributed by atoms with E-state index >= 15 is 0 Å². The molecule has 2 N–H and O–H groups in total. The minimum absolute atomic E-state index is 0.187. The molecule has 3 rings (SSSR count). The molecular formula is C26H28N2O3. The number of nitrogens with one attached hydrogen (secondary N) is 2. The van der Waals surface area contributed by atoms with Crippen LogP contribution >= 0.6 is 0 Å². The second-order valence-electron chi connectivity index (χ2n) is 7.56. The minimum Gasteiger partial charge on any atom is -0.481 e. The molecular weight excluding hydrogens is 388 g/mol. The Kier molecular flexibility index (Phi) is 7.08. The van der Waals surface area contributed by atoms with E-state index in [-0.39, 0.29) is 11.8 Å². The molecule has 3 aromatic rings. The second-order valence-corrected chi connectivity index (χ2v) is 7.56. The van der Waals surface area contributed by atoms with Crippen LogP contribution in [0.1, 0.15) is 40.9 Å². The summed E-state index contributed by atoms with van der Waals surface area (Å²) in [4.78, 5) is 25.1. The van der Waals surface area contributed by atoms with Crippen LogP contribution in [0.3, 0.4) is 0 Å². The van der Waals surface area contributed by atoms with Crippen molar-refractivity contribution in [1.29, 1.82) is 0 Å². The minimum atomic E-state index is -0.684. The van der Waals surface area contributed by atoms with E-state index in [2.05, 4.69) is 17.6 Å². The lowest BCUT2D eigenvalue weighted by Gasteiger charge is -2.16. The largest absolute Gasteiger partial charge is 0.481 e. The molecule has 1 atom stereocenters. The molecule has 0 aliphatic carbocycles. The number of para-hydroxylation sites is 1. The van der Waals surface area contributed by atoms with E-state index < -0.39 is 6.10 Å². The number of aryl methyl sites for hydroxylation is 3. The molecule has 5 nitrogen and oxygen atoms in total. The highest BCUT2D eigenvalue weighted by Gasteiger charge is 2.16. The van der Waals surface area contributed by atoms with Crippen molar-refractivity contribution in [3.05, 3.63) is 89.0 Å². The molecule has 0 bridgehead atoms. The summed E-state index contributed by atoms with van der Waals surface area (Å²) in [5.74, 6) is 0.104. The number of anilines is 2. The second kappa shape index (κ2) is 9.94. The average molecular weight is 417 g/mol. The zero-order valence-corrected chi connectivity index (χ0v) is 18.4. The normalized spacial score (nSPS) is 11.5. The lowest BCUT2D eigenvalue weighted by Crippen LogP contribution is -2.30. The van der Waals surface area contributed by atoms with E-state index in [0.717, 1.165) is 34.5 Å². The van der Waals surface area contributed by atoms with Gasteiger partial charge in [-0.25, -0.2) is 0 Å². The van der Waals surface area contributed by atoms with Crippen LogP contribution in [0.4, 0.5) is 11.4 Å². The Morgan fingerprint density at radius 2 is 1.61 bits per heavy atom. The molecule has 0 spiro atoms. The van der Waals surface area contributed by atoms with E-state index in [1.807, 2.05) is 56.3 Å². The van der Waals surface area contributed by atoms with Crippen LogP contribution < -0.4 is 15.4 Å². The highest BCUT2D eigenvalue weighted by Crippen LogP contribution is 2.20.